The molecule has 1 amide bonds. The van der Waals surface area contributed by atoms with Crippen molar-refractivity contribution in [1.29, 1.82) is 0 Å². The second kappa shape index (κ2) is 5.24. The van der Waals surface area contributed by atoms with Crippen molar-refractivity contribution in [3.05, 3.63) is 23.8 Å². The van der Waals surface area contributed by atoms with Crippen LogP contribution in [0.25, 0.3) is 0 Å². The highest BCUT2D eigenvalue weighted by Gasteiger charge is 2.35. The van der Waals surface area contributed by atoms with Gasteiger partial charge in [0.2, 0.25) is 12.7 Å². The van der Waals surface area contributed by atoms with Gasteiger partial charge >= 0.3 is 0 Å². The molecule has 4 heteroatoms. The average Bonchev–Trinajstić information content (AvgIpc) is 3.24. The van der Waals surface area contributed by atoms with Crippen molar-refractivity contribution in [2.24, 2.45) is 5.92 Å². The number of hydrogen-bond acceptors (Lipinski definition) is 3. The predicted octanol–water partition coefficient (Wildman–Crippen LogP) is 3.27. The third-order valence-electron chi connectivity index (χ3n) is 5.02. The summed E-state index contributed by atoms with van der Waals surface area (Å²) in [5, 5.41) is 0. The maximum atomic E-state index is 12.7. The van der Waals surface area contributed by atoms with E-state index in [-0.39, 0.29) is 12.0 Å². The van der Waals surface area contributed by atoms with Gasteiger partial charge in [-0.2, -0.15) is 0 Å². The van der Waals surface area contributed by atoms with E-state index < -0.39 is 0 Å². The molecule has 4 nitrogen and oxygen atoms in total. The molecular weight excluding hydrogens is 266 g/mol. The molecule has 0 N–H and O–H groups in total. The van der Waals surface area contributed by atoms with Crippen LogP contribution in [0.4, 0.5) is 0 Å². The zero-order valence-electron chi connectivity index (χ0n) is 12.2. The van der Waals surface area contributed by atoms with Gasteiger partial charge in [-0.15, -0.1) is 0 Å². The largest absolute Gasteiger partial charge is 0.454 e. The fraction of sp³-hybridized carbons (Fsp3) is 0.588. The number of carbonyl (C=O) groups is 1. The predicted molar refractivity (Wildman–Crippen MR) is 78.2 cm³/mol. The Balaban J connectivity index is 1.57. The SMILES string of the molecule is O=C(C1CCCC1)N1CCCC1c1ccc2c(c1)OCO2. The Morgan fingerprint density at radius 2 is 1.86 bits per heavy atom. The van der Waals surface area contributed by atoms with Gasteiger partial charge in [0.05, 0.1) is 6.04 Å². The lowest BCUT2D eigenvalue weighted by Crippen LogP contribution is -2.34. The van der Waals surface area contributed by atoms with Crippen molar-refractivity contribution < 1.29 is 14.3 Å². The minimum absolute atomic E-state index is 0.215. The highest BCUT2D eigenvalue weighted by molar-refractivity contribution is 5.80. The monoisotopic (exact) mass is 287 g/mol. The summed E-state index contributed by atoms with van der Waals surface area (Å²) in [6.07, 6.45) is 6.71. The Labute approximate surface area is 125 Å². The average molecular weight is 287 g/mol. The van der Waals surface area contributed by atoms with E-state index in [2.05, 4.69) is 11.0 Å². The van der Waals surface area contributed by atoms with Gasteiger partial charge in [0.25, 0.3) is 0 Å². The van der Waals surface area contributed by atoms with Gasteiger partial charge < -0.3 is 14.4 Å². The molecule has 2 aliphatic heterocycles. The van der Waals surface area contributed by atoms with E-state index in [4.69, 9.17) is 9.47 Å². The Morgan fingerprint density at radius 1 is 1.05 bits per heavy atom. The standard InChI is InChI=1S/C17H21NO3/c19-17(12-4-1-2-5-12)18-9-3-6-14(18)13-7-8-15-16(10-13)21-11-20-15/h7-8,10,12,14H,1-6,9,11H2. The zero-order chi connectivity index (χ0) is 14.2. The number of ether oxygens (including phenoxy) is 2. The van der Waals surface area contributed by atoms with Crippen LogP contribution in [0.2, 0.25) is 0 Å². The molecule has 1 saturated carbocycles. The Morgan fingerprint density at radius 3 is 2.71 bits per heavy atom. The van der Waals surface area contributed by atoms with Crippen molar-refractivity contribution in [1.82, 2.24) is 4.90 Å². The van der Waals surface area contributed by atoms with E-state index in [0.29, 0.717) is 12.7 Å². The van der Waals surface area contributed by atoms with Gasteiger partial charge in [0, 0.05) is 12.5 Å². The molecule has 1 aliphatic carbocycles. The van der Waals surface area contributed by atoms with Gasteiger partial charge in [-0.05, 0) is 43.4 Å². The summed E-state index contributed by atoms with van der Waals surface area (Å²) >= 11 is 0. The Kier molecular flexibility index (Phi) is 3.24. The topological polar surface area (TPSA) is 38.8 Å². The van der Waals surface area contributed by atoms with Crippen LogP contribution in [0, 0.1) is 5.92 Å². The number of rotatable bonds is 2. The maximum Gasteiger partial charge on any atom is 0.231 e. The molecule has 1 aromatic carbocycles. The summed E-state index contributed by atoms with van der Waals surface area (Å²) in [6.45, 7) is 1.20. The summed E-state index contributed by atoms with van der Waals surface area (Å²) in [7, 11) is 0. The Bertz CT molecular complexity index is 551. The number of benzene rings is 1. The van der Waals surface area contributed by atoms with E-state index in [0.717, 1.165) is 43.7 Å². The molecule has 0 radical (unpaired) electrons. The molecule has 112 valence electrons. The molecule has 1 unspecified atom stereocenters. The summed E-state index contributed by atoms with van der Waals surface area (Å²) in [5.41, 5.74) is 1.18. The maximum absolute atomic E-state index is 12.7. The van der Waals surface area contributed by atoms with Crippen molar-refractivity contribution in [3.63, 3.8) is 0 Å². The van der Waals surface area contributed by atoms with Crippen LogP contribution < -0.4 is 9.47 Å². The van der Waals surface area contributed by atoms with Gasteiger partial charge in [-0.1, -0.05) is 18.9 Å². The van der Waals surface area contributed by atoms with Crippen LogP contribution in [-0.2, 0) is 4.79 Å². The van der Waals surface area contributed by atoms with Crippen molar-refractivity contribution in [2.45, 2.75) is 44.6 Å². The Hall–Kier alpha value is -1.71. The molecule has 2 fully saturated rings. The molecule has 3 aliphatic rings. The second-order valence-electron chi connectivity index (χ2n) is 6.28. The van der Waals surface area contributed by atoms with Crippen LogP contribution in [0.3, 0.4) is 0 Å². The van der Waals surface area contributed by atoms with Gasteiger partial charge in [0.15, 0.2) is 11.5 Å². The third kappa shape index (κ3) is 2.27. The highest BCUT2D eigenvalue weighted by atomic mass is 16.7. The molecule has 0 aromatic heterocycles. The summed E-state index contributed by atoms with van der Waals surface area (Å²) in [4.78, 5) is 14.8. The summed E-state index contributed by atoms with van der Waals surface area (Å²) in [6, 6.07) is 6.31. The number of nitrogens with zero attached hydrogens (tertiary/aromatic N) is 1. The molecule has 2 heterocycles. The van der Waals surface area contributed by atoms with E-state index in [1.807, 2.05) is 12.1 Å². The quantitative estimate of drug-likeness (QED) is 0.838. The normalized spacial score (nSPS) is 24.8. The molecule has 0 bridgehead atoms. The lowest BCUT2D eigenvalue weighted by molar-refractivity contribution is -0.136. The summed E-state index contributed by atoms with van der Waals surface area (Å²) < 4.78 is 10.8. The van der Waals surface area contributed by atoms with Crippen LogP contribution in [0.15, 0.2) is 18.2 Å². The van der Waals surface area contributed by atoms with Crippen LogP contribution in [0.1, 0.15) is 50.1 Å². The molecule has 1 atom stereocenters. The van der Waals surface area contributed by atoms with Crippen LogP contribution in [-0.4, -0.2) is 24.1 Å². The minimum atomic E-state index is 0.215. The molecule has 1 aromatic rings. The van der Waals surface area contributed by atoms with Crippen LogP contribution >= 0.6 is 0 Å². The van der Waals surface area contributed by atoms with Crippen molar-refractivity contribution >= 4 is 5.91 Å². The first-order valence-electron chi connectivity index (χ1n) is 8.03. The summed E-state index contributed by atoms with van der Waals surface area (Å²) in [5.74, 6) is 2.25. The van der Waals surface area contributed by atoms with Gasteiger partial charge in [-0.25, -0.2) is 0 Å². The van der Waals surface area contributed by atoms with Gasteiger partial charge in [0.1, 0.15) is 0 Å². The molecule has 4 rings (SSSR count). The number of likely N-dealkylation sites (tertiary alicyclic amines) is 1. The second-order valence-corrected chi connectivity index (χ2v) is 6.28. The number of amides is 1. The number of fused-ring (bicyclic) bond motifs is 1. The molecular formula is C17H21NO3. The molecule has 0 spiro atoms. The first-order valence-corrected chi connectivity index (χ1v) is 8.03. The van der Waals surface area contributed by atoms with E-state index in [9.17, 15) is 4.79 Å². The minimum Gasteiger partial charge on any atom is -0.454 e. The van der Waals surface area contributed by atoms with Gasteiger partial charge in [-0.3, -0.25) is 4.79 Å². The van der Waals surface area contributed by atoms with Crippen molar-refractivity contribution in [2.75, 3.05) is 13.3 Å². The van der Waals surface area contributed by atoms with E-state index in [1.165, 1.54) is 18.4 Å². The first-order chi connectivity index (χ1) is 10.3. The number of hydrogen-bond donors (Lipinski definition) is 0. The third-order valence-corrected chi connectivity index (χ3v) is 5.02. The fourth-order valence-corrected chi connectivity index (χ4v) is 3.90. The molecule has 21 heavy (non-hydrogen) atoms. The van der Waals surface area contributed by atoms with E-state index in [1.54, 1.807) is 0 Å². The fourth-order valence-electron chi connectivity index (χ4n) is 3.90. The zero-order valence-corrected chi connectivity index (χ0v) is 12.2. The number of carbonyl (C=O) groups excluding carboxylic acids is 1. The first kappa shape index (κ1) is 13.0. The smallest absolute Gasteiger partial charge is 0.231 e. The van der Waals surface area contributed by atoms with Crippen LogP contribution in [0.5, 0.6) is 11.5 Å². The van der Waals surface area contributed by atoms with Crippen molar-refractivity contribution in [3.8, 4) is 11.5 Å². The lowest BCUT2D eigenvalue weighted by Gasteiger charge is -2.28. The lowest BCUT2D eigenvalue weighted by atomic mass is 10.0. The molecule has 1 saturated heterocycles. The highest BCUT2D eigenvalue weighted by Crippen LogP contribution is 2.40. The van der Waals surface area contributed by atoms with E-state index >= 15 is 0 Å².